The van der Waals surface area contributed by atoms with Crippen molar-refractivity contribution in [3.63, 3.8) is 0 Å². The van der Waals surface area contributed by atoms with E-state index in [4.69, 9.17) is 4.74 Å². The Morgan fingerprint density at radius 2 is 2.13 bits per heavy atom. The molecule has 0 N–H and O–H groups in total. The van der Waals surface area contributed by atoms with Gasteiger partial charge in [0.1, 0.15) is 11.6 Å². The Bertz CT molecular complexity index is 356. The van der Waals surface area contributed by atoms with Gasteiger partial charge in [0.25, 0.3) is 0 Å². The van der Waals surface area contributed by atoms with Crippen LogP contribution >= 0.6 is 0 Å². The number of allylic oxidation sites excluding steroid dienone is 2. The molecular formula is C13H17FO. The van der Waals surface area contributed by atoms with E-state index in [9.17, 15) is 4.39 Å². The first-order valence-electron chi connectivity index (χ1n) is 5.30. The summed E-state index contributed by atoms with van der Waals surface area (Å²) in [6.45, 7) is 5.95. The summed E-state index contributed by atoms with van der Waals surface area (Å²) in [6, 6.07) is 4.57. The lowest BCUT2D eigenvalue weighted by atomic mass is 10.2. The maximum atomic E-state index is 12.8. The Morgan fingerprint density at radius 1 is 1.40 bits per heavy atom. The molecule has 0 amide bonds. The molecule has 0 aromatic heterocycles. The molecule has 0 aliphatic heterocycles. The van der Waals surface area contributed by atoms with Gasteiger partial charge in [-0.3, -0.25) is 0 Å². The molecule has 0 saturated carbocycles. The lowest BCUT2D eigenvalue weighted by molar-refractivity contribution is 0.403. The van der Waals surface area contributed by atoms with E-state index in [1.807, 2.05) is 19.9 Å². The van der Waals surface area contributed by atoms with Crippen molar-refractivity contribution in [3.05, 3.63) is 41.4 Å². The molecule has 82 valence electrons. The van der Waals surface area contributed by atoms with Gasteiger partial charge in [-0.2, -0.15) is 0 Å². The van der Waals surface area contributed by atoms with E-state index < -0.39 is 0 Å². The van der Waals surface area contributed by atoms with E-state index in [2.05, 4.69) is 6.92 Å². The maximum Gasteiger partial charge on any atom is 0.130 e. The highest BCUT2D eigenvalue weighted by Gasteiger charge is 2.03. The fraction of sp³-hybridized carbons (Fsp3) is 0.385. The van der Waals surface area contributed by atoms with Crippen LogP contribution in [0.15, 0.2) is 30.0 Å². The highest BCUT2D eigenvalue weighted by molar-refractivity contribution is 5.33. The fourth-order valence-electron chi connectivity index (χ4n) is 1.35. The zero-order valence-corrected chi connectivity index (χ0v) is 9.51. The highest BCUT2D eigenvalue weighted by atomic mass is 19.1. The summed E-state index contributed by atoms with van der Waals surface area (Å²) >= 11 is 0. The Balaban J connectivity index is 2.84. The van der Waals surface area contributed by atoms with E-state index in [0.717, 1.165) is 29.9 Å². The van der Waals surface area contributed by atoms with Crippen LogP contribution in [0.2, 0.25) is 0 Å². The third kappa shape index (κ3) is 3.39. The molecule has 0 spiro atoms. The van der Waals surface area contributed by atoms with E-state index >= 15 is 0 Å². The summed E-state index contributed by atoms with van der Waals surface area (Å²) < 4.78 is 18.5. The zero-order valence-electron chi connectivity index (χ0n) is 9.51. The predicted molar refractivity (Wildman–Crippen MR) is 60.4 cm³/mol. The molecule has 1 rings (SSSR count). The zero-order chi connectivity index (χ0) is 11.3. The minimum atomic E-state index is -0.225. The first-order valence-corrected chi connectivity index (χ1v) is 5.30. The molecule has 0 bridgehead atoms. The van der Waals surface area contributed by atoms with Crippen molar-refractivity contribution in [3.8, 4) is 5.75 Å². The normalized spacial score (nSPS) is 11.6. The molecule has 0 saturated heterocycles. The van der Waals surface area contributed by atoms with Crippen molar-refractivity contribution in [2.75, 3.05) is 0 Å². The van der Waals surface area contributed by atoms with Crippen LogP contribution in [0.3, 0.4) is 0 Å². The van der Waals surface area contributed by atoms with Crippen molar-refractivity contribution in [2.24, 2.45) is 0 Å². The Morgan fingerprint density at radius 3 is 2.67 bits per heavy atom. The second-order valence-electron chi connectivity index (χ2n) is 3.44. The third-order valence-electron chi connectivity index (χ3n) is 2.16. The van der Waals surface area contributed by atoms with E-state index in [1.165, 1.54) is 12.1 Å². The Kier molecular flexibility index (Phi) is 4.35. The van der Waals surface area contributed by atoms with Gasteiger partial charge in [-0.15, -0.1) is 0 Å². The molecule has 2 heteroatoms. The van der Waals surface area contributed by atoms with Gasteiger partial charge in [0.15, 0.2) is 0 Å². The monoisotopic (exact) mass is 208 g/mol. The molecule has 0 fully saturated rings. The lowest BCUT2D eigenvalue weighted by Crippen LogP contribution is -1.96. The SMILES string of the molecule is CC/C=C(\CC)Oc1ccc(F)cc1C. The first-order chi connectivity index (χ1) is 7.17. The second-order valence-corrected chi connectivity index (χ2v) is 3.44. The summed E-state index contributed by atoms with van der Waals surface area (Å²) in [4.78, 5) is 0. The first kappa shape index (κ1) is 11.8. The van der Waals surface area contributed by atoms with E-state index in [0.29, 0.717) is 0 Å². The molecule has 0 aliphatic rings. The number of hydrogen-bond donors (Lipinski definition) is 0. The van der Waals surface area contributed by atoms with Crippen molar-refractivity contribution in [1.82, 2.24) is 0 Å². The van der Waals surface area contributed by atoms with Gasteiger partial charge in [-0.05, 0) is 43.2 Å². The van der Waals surface area contributed by atoms with Crippen molar-refractivity contribution in [1.29, 1.82) is 0 Å². The van der Waals surface area contributed by atoms with Gasteiger partial charge < -0.3 is 4.74 Å². The van der Waals surface area contributed by atoms with Crippen LogP contribution < -0.4 is 4.74 Å². The molecule has 15 heavy (non-hydrogen) atoms. The van der Waals surface area contributed by atoms with Crippen molar-refractivity contribution < 1.29 is 9.13 Å². The highest BCUT2D eigenvalue weighted by Crippen LogP contribution is 2.21. The van der Waals surface area contributed by atoms with Crippen molar-refractivity contribution in [2.45, 2.75) is 33.6 Å². The largest absolute Gasteiger partial charge is 0.462 e. The van der Waals surface area contributed by atoms with E-state index in [1.54, 1.807) is 6.07 Å². The summed E-state index contributed by atoms with van der Waals surface area (Å²) in [6.07, 6.45) is 3.84. The topological polar surface area (TPSA) is 9.23 Å². The summed E-state index contributed by atoms with van der Waals surface area (Å²) in [5, 5.41) is 0. The standard InChI is InChI=1S/C13H17FO/c1-4-6-12(5-2)15-13-8-7-11(14)9-10(13)3/h6-9H,4-5H2,1-3H3/b12-6+. The molecule has 1 aromatic rings. The number of aryl methyl sites for hydroxylation is 1. The number of ether oxygens (including phenoxy) is 1. The van der Waals surface area contributed by atoms with Crippen LogP contribution in [0.1, 0.15) is 32.3 Å². The van der Waals surface area contributed by atoms with Crippen LogP contribution in [0.4, 0.5) is 4.39 Å². The number of halogens is 1. The average molecular weight is 208 g/mol. The maximum absolute atomic E-state index is 12.8. The van der Waals surface area contributed by atoms with Crippen LogP contribution in [0.5, 0.6) is 5.75 Å². The fourth-order valence-corrected chi connectivity index (χ4v) is 1.35. The smallest absolute Gasteiger partial charge is 0.130 e. The van der Waals surface area contributed by atoms with Gasteiger partial charge in [0, 0.05) is 6.42 Å². The number of benzene rings is 1. The van der Waals surface area contributed by atoms with E-state index in [-0.39, 0.29) is 5.82 Å². The summed E-state index contributed by atoms with van der Waals surface area (Å²) in [7, 11) is 0. The van der Waals surface area contributed by atoms with Crippen molar-refractivity contribution >= 4 is 0 Å². The molecule has 1 nitrogen and oxygen atoms in total. The quantitative estimate of drug-likeness (QED) is 0.673. The van der Waals surface area contributed by atoms with Crippen LogP contribution in [-0.4, -0.2) is 0 Å². The molecular weight excluding hydrogens is 191 g/mol. The van der Waals surface area contributed by atoms with Gasteiger partial charge in [-0.25, -0.2) is 4.39 Å². The average Bonchev–Trinajstić information content (AvgIpc) is 2.21. The third-order valence-corrected chi connectivity index (χ3v) is 2.16. The molecule has 0 heterocycles. The second kappa shape index (κ2) is 5.54. The minimum absolute atomic E-state index is 0.225. The molecule has 1 aromatic carbocycles. The minimum Gasteiger partial charge on any atom is -0.462 e. The van der Waals surface area contributed by atoms with Gasteiger partial charge in [0.05, 0.1) is 5.76 Å². The molecule has 0 radical (unpaired) electrons. The molecule has 0 aliphatic carbocycles. The number of hydrogen-bond acceptors (Lipinski definition) is 1. The number of rotatable bonds is 4. The Hall–Kier alpha value is -1.31. The summed E-state index contributed by atoms with van der Waals surface area (Å²) in [5.41, 5.74) is 0.824. The Labute approximate surface area is 90.6 Å². The van der Waals surface area contributed by atoms with Gasteiger partial charge in [-0.1, -0.05) is 13.8 Å². The molecule has 0 atom stereocenters. The van der Waals surface area contributed by atoms with Gasteiger partial charge >= 0.3 is 0 Å². The van der Waals surface area contributed by atoms with Crippen LogP contribution in [0.25, 0.3) is 0 Å². The van der Waals surface area contributed by atoms with Crippen LogP contribution in [0, 0.1) is 12.7 Å². The van der Waals surface area contributed by atoms with Gasteiger partial charge in [0.2, 0.25) is 0 Å². The molecule has 0 unspecified atom stereocenters. The summed E-state index contributed by atoms with van der Waals surface area (Å²) in [5.74, 6) is 1.45. The predicted octanol–water partition coefficient (Wildman–Crippen LogP) is 4.22. The lowest BCUT2D eigenvalue weighted by Gasteiger charge is -2.10. The van der Waals surface area contributed by atoms with Crippen LogP contribution in [-0.2, 0) is 0 Å².